The number of hydrogen-bond acceptors (Lipinski definition) is 2. The summed E-state index contributed by atoms with van der Waals surface area (Å²) in [6, 6.07) is 6.86. The van der Waals surface area contributed by atoms with E-state index in [9.17, 15) is 0 Å². The van der Waals surface area contributed by atoms with E-state index in [-0.39, 0.29) is 0 Å². The Morgan fingerprint density at radius 3 is 2.89 bits per heavy atom. The lowest BCUT2D eigenvalue weighted by molar-refractivity contribution is 0.239. The van der Waals surface area contributed by atoms with Crippen molar-refractivity contribution < 1.29 is 4.74 Å². The van der Waals surface area contributed by atoms with Crippen LogP contribution in [0.1, 0.15) is 44.2 Å². The summed E-state index contributed by atoms with van der Waals surface area (Å²) in [7, 11) is 0. The average molecular weight is 259 g/mol. The number of piperidine rings is 1. The van der Waals surface area contributed by atoms with Crippen molar-refractivity contribution in [3.05, 3.63) is 35.9 Å². The highest BCUT2D eigenvalue weighted by Crippen LogP contribution is 2.23. The predicted octanol–water partition coefficient (Wildman–Crippen LogP) is 3.80. The molecular weight excluding hydrogens is 234 g/mol. The third-order valence-corrected chi connectivity index (χ3v) is 3.78. The minimum absolute atomic E-state index is 0.514. The number of allylic oxidation sites excluding steroid dienone is 1. The zero-order chi connectivity index (χ0) is 13.7. The molecule has 2 nitrogen and oxygen atoms in total. The van der Waals surface area contributed by atoms with Crippen LogP contribution in [0, 0.1) is 0 Å². The molecule has 0 amide bonds. The summed E-state index contributed by atoms with van der Waals surface area (Å²) in [5.74, 6) is 0.981. The molecule has 104 valence electrons. The van der Waals surface area contributed by atoms with E-state index in [1.54, 1.807) is 0 Å². The number of rotatable bonds is 5. The van der Waals surface area contributed by atoms with E-state index in [0.29, 0.717) is 6.04 Å². The fourth-order valence-electron chi connectivity index (χ4n) is 2.63. The number of ether oxygens (including phenoxy) is 1. The van der Waals surface area contributed by atoms with Gasteiger partial charge >= 0.3 is 0 Å². The lowest BCUT2D eigenvalue weighted by Crippen LogP contribution is -2.38. The molecule has 0 saturated carbocycles. The Bertz CT molecular complexity index is 433. The third-order valence-electron chi connectivity index (χ3n) is 3.78. The first kappa shape index (κ1) is 14.1. The van der Waals surface area contributed by atoms with Crippen LogP contribution in [-0.4, -0.2) is 19.2 Å². The van der Waals surface area contributed by atoms with E-state index in [4.69, 9.17) is 4.74 Å². The summed E-state index contributed by atoms with van der Waals surface area (Å²) >= 11 is 0. The molecule has 1 aromatic rings. The van der Waals surface area contributed by atoms with Gasteiger partial charge in [-0.05, 0) is 56.0 Å². The molecular formula is C17H25NO. The monoisotopic (exact) mass is 259 g/mol. The number of nitrogens with one attached hydrogen (secondary N) is 1. The largest absolute Gasteiger partial charge is 0.492 e. The van der Waals surface area contributed by atoms with Crippen LogP contribution in [0.25, 0.3) is 5.57 Å². The topological polar surface area (TPSA) is 21.3 Å². The maximum absolute atomic E-state index is 5.93. The second-order valence-electron chi connectivity index (χ2n) is 5.41. The smallest absolute Gasteiger partial charge is 0.119 e. The molecule has 0 spiro atoms. The standard InChI is InChI=1S/C17H25NO/c1-4-14-11-16(8-9-17(14)13(2)3)19-12-15-7-5-6-10-18-15/h8-9,11,15,18H,2,4-7,10,12H2,1,3H3. The molecule has 2 rings (SSSR count). The Morgan fingerprint density at radius 1 is 1.42 bits per heavy atom. The zero-order valence-corrected chi connectivity index (χ0v) is 12.2. The summed E-state index contributed by atoms with van der Waals surface area (Å²) in [4.78, 5) is 0. The first-order chi connectivity index (χ1) is 9.20. The maximum atomic E-state index is 5.93. The van der Waals surface area contributed by atoms with E-state index in [2.05, 4.69) is 43.9 Å². The highest BCUT2D eigenvalue weighted by molar-refractivity contribution is 5.65. The molecule has 1 aliphatic heterocycles. The van der Waals surface area contributed by atoms with Crippen LogP contribution in [0.4, 0.5) is 0 Å². The van der Waals surface area contributed by atoms with Crippen molar-refractivity contribution in [1.29, 1.82) is 0 Å². The molecule has 1 aromatic carbocycles. The van der Waals surface area contributed by atoms with Crippen LogP contribution < -0.4 is 10.1 Å². The zero-order valence-electron chi connectivity index (χ0n) is 12.2. The van der Waals surface area contributed by atoms with Gasteiger partial charge in [0.25, 0.3) is 0 Å². The lowest BCUT2D eigenvalue weighted by Gasteiger charge is -2.23. The summed E-state index contributed by atoms with van der Waals surface area (Å²) in [6.07, 6.45) is 4.85. The predicted molar refractivity (Wildman–Crippen MR) is 81.7 cm³/mol. The molecule has 1 fully saturated rings. The van der Waals surface area contributed by atoms with Crippen LogP contribution in [0.3, 0.4) is 0 Å². The number of aryl methyl sites for hydroxylation is 1. The second-order valence-corrected chi connectivity index (χ2v) is 5.41. The van der Waals surface area contributed by atoms with Crippen LogP contribution in [-0.2, 0) is 6.42 Å². The first-order valence-electron chi connectivity index (χ1n) is 7.35. The first-order valence-corrected chi connectivity index (χ1v) is 7.35. The van der Waals surface area contributed by atoms with E-state index in [0.717, 1.165) is 30.9 Å². The fourth-order valence-corrected chi connectivity index (χ4v) is 2.63. The molecule has 1 atom stereocenters. The highest BCUT2D eigenvalue weighted by atomic mass is 16.5. The van der Waals surface area contributed by atoms with Gasteiger partial charge in [-0.15, -0.1) is 0 Å². The Kier molecular flexibility index (Phi) is 5.03. The minimum Gasteiger partial charge on any atom is -0.492 e. The minimum atomic E-state index is 0.514. The van der Waals surface area contributed by atoms with Crippen LogP contribution in [0.15, 0.2) is 24.8 Å². The second kappa shape index (κ2) is 6.76. The quantitative estimate of drug-likeness (QED) is 0.868. The molecule has 1 N–H and O–H groups in total. The van der Waals surface area contributed by atoms with E-state index in [1.807, 2.05) is 0 Å². The molecule has 0 radical (unpaired) electrons. The third kappa shape index (κ3) is 3.84. The van der Waals surface area contributed by atoms with Crippen molar-refractivity contribution in [2.45, 2.75) is 45.6 Å². The summed E-state index contributed by atoms with van der Waals surface area (Å²) in [5.41, 5.74) is 3.70. The molecule has 1 saturated heterocycles. The van der Waals surface area contributed by atoms with Crippen molar-refractivity contribution in [1.82, 2.24) is 5.32 Å². The molecule has 19 heavy (non-hydrogen) atoms. The van der Waals surface area contributed by atoms with Crippen molar-refractivity contribution in [2.24, 2.45) is 0 Å². The average Bonchev–Trinajstić information content (AvgIpc) is 2.45. The van der Waals surface area contributed by atoms with Crippen molar-refractivity contribution in [2.75, 3.05) is 13.2 Å². The molecule has 0 aromatic heterocycles. The Morgan fingerprint density at radius 2 is 2.26 bits per heavy atom. The van der Waals surface area contributed by atoms with Crippen LogP contribution >= 0.6 is 0 Å². The fraction of sp³-hybridized carbons (Fsp3) is 0.529. The van der Waals surface area contributed by atoms with Gasteiger partial charge in [-0.25, -0.2) is 0 Å². The highest BCUT2D eigenvalue weighted by Gasteiger charge is 2.13. The van der Waals surface area contributed by atoms with Crippen molar-refractivity contribution in [3.63, 3.8) is 0 Å². The van der Waals surface area contributed by atoms with E-state index >= 15 is 0 Å². The molecule has 1 aliphatic rings. The molecule has 1 unspecified atom stereocenters. The van der Waals surface area contributed by atoms with E-state index in [1.165, 1.54) is 30.4 Å². The van der Waals surface area contributed by atoms with Gasteiger partial charge in [-0.3, -0.25) is 0 Å². The summed E-state index contributed by atoms with van der Waals surface area (Å²) < 4.78 is 5.93. The molecule has 1 heterocycles. The van der Waals surface area contributed by atoms with Gasteiger partial charge in [0.1, 0.15) is 12.4 Å². The van der Waals surface area contributed by atoms with Crippen molar-refractivity contribution >= 4 is 5.57 Å². The van der Waals surface area contributed by atoms with Gasteiger partial charge in [-0.1, -0.05) is 31.6 Å². The lowest BCUT2D eigenvalue weighted by atomic mass is 10.00. The molecule has 0 bridgehead atoms. The van der Waals surface area contributed by atoms with Gasteiger partial charge in [0.2, 0.25) is 0 Å². The van der Waals surface area contributed by atoms with Crippen molar-refractivity contribution in [3.8, 4) is 5.75 Å². The number of benzene rings is 1. The number of hydrogen-bond donors (Lipinski definition) is 1. The maximum Gasteiger partial charge on any atom is 0.119 e. The summed E-state index contributed by atoms with van der Waals surface area (Å²) in [6.45, 7) is 10.2. The Balaban J connectivity index is 1.98. The van der Waals surface area contributed by atoms with Gasteiger partial charge in [-0.2, -0.15) is 0 Å². The normalized spacial score (nSPS) is 19.2. The molecule has 0 aliphatic carbocycles. The van der Waals surface area contributed by atoms with Crippen LogP contribution in [0.2, 0.25) is 0 Å². The SMILES string of the molecule is C=C(C)c1ccc(OCC2CCCCN2)cc1CC. The van der Waals surface area contributed by atoms with E-state index < -0.39 is 0 Å². The van der Waals surface area contributed by atoms with Gasteiger partial charge in [0.05, 0.1) is 0 Å². The molecule has 2 heteroatoms. The Labute approximate surface area is 116 Å². The van der Waals surface area contributed by atoms with Crippen LogP contribution in [0.5, 0.6) is 5.75 Å². The summed E-state index contributed by atoms with van der Waals surface area (Å²) in [5, 5.41) is 3.51. The van der Waals surface area contributed by atoms with Gasteiger partial charge < -0.3 is 10.1 Å². The van der Waals surface area contributed by atoms with Gasteiger partial charge in [0, 0.05) is 6.04 Å². The van der Waals surface area contributed by atoms with Gasteiger partial charge in [0.15, 0.2) is 0 Å². The Hall–Kier alpha value is -1.28.